The van der Waals surface area contributed by atoms with Crippen molar-refractivity contribution >= 4 is 71.3 Å². The Hall–Kier alpha value is -5.46. The van der Waals surface area contributed by atoms with Gasteiger partial charge in [0, 0.05) is 57.0 Å². The Morgan fingerprint density at radius 1 is 0.845 bits per heavy atom. The number of ether oxygens (including phenoxy) is 5. The van der Waals surface area contributed by atoms with Crippen molar-refractivity contribution in [3.05, 3.63) is 36.4 Å². The predicted molar refractivity (Wildman–Crippen MR) is 262 cm³/mol. The lowest BCUT2D eigenvalue weighted by Gasteiger charge is -2.39. The number of anilines is 1. The molecule has 396 valence electrons. The van der Waals surface area contributed by atoms with Crippen LogP contribution in [0.1, 0.15) is 66.7 Å². The fraction of sp³-hybridized carbons (Fsp3) is 0.646. The summed E-state index contributed by atoms with van der Waals surface area (Å²) in [6.45, 7) is 10.7. The van der Waals surface area contributed by atoms with Crippen LogP contribution in [0.4, 0.5) is 5.69 Å². The number of methoxy groups -OCH3 is 2. The Morgan fingerprint density at radius 3 is 2.07 bits per heavy atom. The van der Waals surface area contributed by atoms with E-state index in [1.165, 1.54) is 31.3 Å². The first kappa shape index (κ1) is 59.8. The van der Waals surface area contributed by atoms with Crippen molar-refractivity contribution < 1.29 is 66.8 Å². The zero-order valence-electron chi connectivity index (χ0n) is 42.2. The lowest BCUT2D eigenvalue weighted by molar-refractivity contribution is -0.145. The molecule has 3 rings (SSSR count). The molecule has 1 aromatic carbocycles. The number of carbonyl (C=O) groups is 9. The average molecular weight is 1020 g/mol. The topological polar surface area (TPSA) is 270 Å². The van der Waals surface area contributed by atoms with E-state index in [4.69, 9.17) is 23.7 Å². The first-order valence-electron chi connectivity index (χ1n) is 24.0. The van der Waals surface area contributed by atoms with E-state index in [0.717, 1.165) is 29.7 Å². The quantitative estimate of drug-likeness (QED) is 0.0280. The molecule has 7 unspecified atom stereocenters. The minimum atomic E-state index is -0.892. The van der Waals surface area contributed by atoms with E-state index in [2.05, 4.69) is 26.0 Å². The lowest BCUT2D eigenvalue weighted by atomic mass is 9.90. The van der Waals surface area contributed by atoms with Crippen molar-refractivity contribution in [1.82, 2.24) is 35.4 Å². The minimum absolute atomic E-state index is 0.000605. The van der Waals surface area contributed by atoms with Crippen LogP contribution in [0.25, 0.3) is 0 Å². The van der Waals surface area contributed by atoms with Crippen molar-refractivity contribution in [3.63, 3.8) is 0 Å². The normalized spacial score (nSPS) is 17.0. The number of carbonyl (C=O) groups excluding carboxylic acids is 9. The highest BCUT2D eigenvalue weighted by atomic mass is 32.2. The second-order valence-corrected chi connectivity index (χ2v) is 18.4. The van der Waals surface area contributed by atoms with Crippen LogP contribution in [0.5, 0.6) is 0 Å². The third-order valence-electron chi connectivity index (χ3n) is 12.3. The van der Waals surface area contributed by atoms with Crippen LogP contribution in [-0.2, 0) is 66.8 Å². The van der Waals surface area contributed by atoms with Gasteiger partial charge in [-0.2, -0.15) is 0 Å². The fourth-order valence-electron chi connectivity index (χ4n) is 8.16. The number of likely N-dealkylation sites (tertiary alicyclic amines) is 1. The summed E-state index contributed by atoms with van der Waals surface area (Å²) >= 11 is 1.08. The molecule has 2 aliphatic rings. The fourth-order valence-corrected chi connectivity index (χ4v) is 8.84. The first-order chi connectivity index (χ1) is 34.0. The molecule has 23 heteroatoms. The SMILES string of the molecule is CCC(C)C(C(CC(=O)N1CCCC1C(OC)C(C)C(=O)NSc1ccc(NC(=O)CNC(=O)C(NC(=O)CCOCCOCCOCCN2C(=O)C=CC2=O)C(C)C)cc1)OC)N(C)C(=O)CNC=O. The molecule has 1 saturated heterocycles. The molecular weight excluding hydrogens is 945 g/mol. The number of nitrogens with one attached hydrogen (secondary N) is 5. The van der Waals surface area contributed by atoms with Gasteiger partial charge in [0.15, 0.2) is 0 Å². The molecule has 0 radical (unpaired) electrons. The number of hydrogen-bond donors (Lipinski definition) is 5. The highest BCUT2D eigenvalue weighted by Crippen LogP contribution is 2.30. The molecule has 71 heavy (non-hydrogen) atoms. The molecule has 0 saturated carbocycles. The second-order valence-electron chi connectivity index (χ2n) is 17.5. The van der Waals surface area contributed by atoms with Gasteiger partial charge >= 0.3 is 0 Å². The zero-order chi connectivity index (χ0) is 52.5. The van der Waals surface area contributed by atoms with E-state index in [-0.39, 0.29) is 120 Å². The van der Waals surface area contributed by atoms with E-state index < -0.39 is 47.9 Å². The number of imide groups is 1. The molecule has 0 aromatic heterocycles. The van der Waals surface area contributed by atoms with Gasteiger partial charge in [-0.1, -0.05) is 41.0 Å². The van der Waals surface area contributed by atoms with Crippen LogP contribution >= 0.6 is 11.9 Å². The van der Waals surface area contributed by atoms with Gasteiger partial charge in [0.05, 0.1) is 95.9 Å². The van der Waals surface area contributed by atoms with Gasteiger partial charge in [-0.3, -0.25) is 52.8 Å². The average Bonchev–Trinajstić information content (AvgIpc) is 3.97. The maximum absolute atomic E-state index is 13.9. The van der Waals surface area contributed by atoms with Crippen LogP contribution in [0.3, 0.4) is 0 Å². The van der Waals surface area contributed by atoms with Gasteiger partial charge in [-0.05, 0) is 60.9 Å². The van der Waals surface area contributed by atoms with Gasteiger partial charge in [0.25, 0.3) is 11.8 Å². The number of likely N-dealkylation sites (N-methyl/N-ethyl adjacent to an activating group) is 1. The van der Waals surface area contributed by atoms with Crippen molar-refractivity contribution in [2.24, 2.45) is 17.8 Å². The maximum atomic E-state index is 13.9. The van der Waals surface area contributed by atoms with E-state index >= 15 is 0 Å². The molecule has 0 aliphatic carbocycles. The summed E-state index contributed by atoms with van der Waals surface area (Å²) in [5.74, 6) is -3.86. The van der Waals surface area contributed by atoms with E-state index in [9.17, 15) is 43.2 Å². The highest BCUT2D eigenvalue weighted by molar-refractivity contribution is 7.98. The largest absolute Gasteiger partial charge is 0.379 e. The van der Waals surface area contributed by atoms with Crippen molar-refractivity contribution in [2.75, 3.05) is 92.4 Å². The molecule has 0 spiro atoms. The molecule has 22 nitrogen and oxygen atoms in total. The van der Waals surface area contributed by atoms with Crippen molar-refractivity contribution in [2.45, 2.75) is 102 Å². The number of nitrogens with zero attached hydrogens (tertiary/aromatic N) is 3. The predicted octanol–water partition coefficient (Wildman–Crippen LogP) is 1.04. The number of amides is 9. The lowest BCUT2D eigenvalue weighted by Crippen LogP contribution is -2.54. The molecular formula is C48H74N8O14S. The summed E-state index contributed by atoms with van der Waals surface area (Å²) < 4.78 is 30.8. The smallest absolute Gasteiger partial charge is 0.253 e. The minimum Gasteiger partial charge on any atom is -0.379 e. The second kappa shape index (κ2) is 31.8. The van der Waals surface area contributed by atoms with Crippen molar-refractivity contribution in [1.29, 1.82) is 0 Å². The van der Waals surface area contributed by atoms with Gasteiger partial charge in [0.2, 0.25) is 41.9 Å². The molecule has 0 bridgehead atoms. The van der Waals surface area contributed by atoms with E-state index in [0.29, 0.717) is 30.0 Å². The molecule has 9 amide bonds. The third kappa shape index (κ3) is 19.6. The Balaban J connectivity index is 1.38. The Bertz CT molecular complexity index is 1940. The molecule has 2 heterocycles. The van der Waals surface area contributed by atoms with Crippen LogP contribution < -0.4 is 26.0 Å². The van der Waals surface area contributed by atoms with Crippen LogP contribution in [0.2, 0.25) is 0 Å². The van der Waals surface area contributed by atoms with E-state index in [1.807, 2.05) is 13.8 Å². The molecule has 2 aliphatic heterocycles. The number of rotatable bonds is 34. The summed E-state index contributed by atoms with van der Waals surface area (Å²) in [5.41, 5.74) is 0.453. The number of benzene rings is 1. The van der Waals surface area contributed by atoms with Gasteiger partial charge in [-0.25, -0.2) is 0 Å². The third-order valence-corrected chi connectivity index (χ3v) is 13.1. The monoisotopic (exact) mass is 1020 g/mol. The van der Waals surface area contributed by atoms with Crippen LogP contribution in [0, 0.1) is 17.8 Å². The molecule has 5 N–H and O–H groups in total. The van der Waals surface area contributed by atoms with E-state index in [1.54, 1.807) is 57.0 Å². The summed E-state index contributed by atoms with van der Waals surface area (Å²) in [7, 11) is 4.67. The summed E-state index contributed by atoms with van der Waals surface area (Å²) in [4.78, 5) is 118. The Labute approximate surface area is 420 Å². The summed E-state index contributed by atoms with van der Waals surface area (Å²) in [5, 5.41) is 10.4. The van der Waals surface area contributed by atoms with Crippen molar-refractivity contribution in [3.8, 4) is 0 Å². The van der Waals surface area contributed by atoms with Gasteiger partial charge < -0.3 is 54.8 Å². The summed E-state index contributed by atoms with van der Waals surface area (Å²) in [6, 6.07) is 5.02. The molecule has 1 fully saturated rings. The summed E-state index contributed by atoms with van der Waals surface area (Å²) in [6.07, 6.45) is 3.75. The van der Waals surface area contributed by atoms with Gasteiger partial charge in [0.1, 0.15) is 6.04 Å². The van der Waals surface area contributed by atoms with Gasteiger partial charge in [-0.15, -0.1) is 0 Å². The standard InChI is InChI=1S/C48H74N8O14S/c1-9-32(4)45(54(6)43(63)29-49-30-57)37(66-7)27-42(62)55-19-10-11-36(55)46(67-8)33(5)47(64)53-71-35-14-12-34(13-15-35)51-39(59)28-50-48(65)44(31(2)3)52-38(58)18-21-68-23-25-70-26-24-69-22-20-56-40(60)16-17-41(56)61/h12-17,30-33,36-37,44-46H,9-11,18-29H2,1-8H3,(H,49,57)(H,50,65)(H,51,59)(H,52,58)(H,53,64). The maximum Gasteiger partial charge on any atom is 0.253 e. The van der Waals surface area contributed by atoms with Crippen LogP contribution in [0.15, 0.2) is 41.3 Å². The first-order valence-corrected chi connectivity index (χ1v) is 24.8. The number of hydrogen-bond acceptors (Lipinski definition) is 15. The van der Waals surface area contributed by atoms with Crippen LogP contribution in [-0.4, -0.2) is 186 Å². The Morgan fingerprint density at radius 2 is 1.48 bits per heavy atom. The zero-order valence-corrected chi connectivity index (χ0v) is 43.0. The Kier molecular flexibility index (Phi) is 26.8. The molecule has 7 atom stereocenters. The molecule has 1 aromatic rings. The highest BCUT2D eigenvalue weighted by Gasteiger charge is 2.42.